The Labute approximate surface area is 100 Å². The molecule has 16 heavy (non-hydrogen) atoms. The molecule has 1 atom stereocenters. The van der Waals surface area contributed by atoms with Crippen LogP contribution >= 0.6 is 11.8 Å². The molecule has 1 aliphatic heterocycles. The van der Waals surface area contributed by atoms with Gasteiger partial charge in [-0.1, -0.05) is 36.9 Å². The van der Waals surface area contributed by atoms with Gasteiger partial charge in [0.1, 0.15) is 12.4 Å². The molecule has 1 aromatic carbocycles. The van der Waals surface area contributed by atoms with Gasteiger partial charge >= 0.3 is 0 Å². The summed E-state index contributed by atoms with van der Waals surface area (Å²) >= 11 is 1.80. The predicted octanol–water partition coefficient (Wildman–Crippen LogP) is 2.15. The van der Waals surface area contributed by atoms with Crippen LogP contribution in [0.4, 0.5) is 0 Å². The maximum atomic E-state index is 5.57. The summed E-state index contributed by atoms with van der Waals surface area (Å²) in [7, 11) is 0. The van der Waals surface area contributed by atoms with Crippen LogP contribution in [0.5, 0.6) is 5.75 Å². The first-order chi connectivity index (χ1) is 7.84. The van der Waals surface area contributed by atoms with Crippen molar-refractivity contribution < 1.29 is 4.74 Å². The number of rotatable bonds is 4. The molecular formula is C12H16N2OS. The Morgan fingerprint density at radius 1 is 1.44 bits per heavy atom. The largest absolute Gasteiger partial charge is 0.492 e. The highest BCUT2D eigenvalue weighted by molar-refractivity contribution is 8.14. The molecule has 1 heterocycles. The van der Waals surface area contributed by atoms with Gasteiger partial charge in [-0.3, -0.25) is 4.99 Å². The molecule has 0 saturated carbocycles. The maximum absolute atomic E-state index is 5.57. The number of nitrogens with one attached hydrogen (secondary N) is 1. The van der Waals surface area contributed by atoms with Crippen LogP contribution in [0.3, 0.4) is 0 Å². The maximum Gasteiger partial charge on any atom is 0.157 e. The van der Waals surface area contributed by atoms with Crippen LogP contribution in [0, 0.1) is 0 Å². The van der Waals surface area contributed by atoms with Crippen LogP contribution in [0.2, 0.25) is 0 Å². The number of nitrogens with zero attached hydrogens (tertiary/aromatic N) is 1. The molecule has 1 aliphatic rings. The zero-order chi connectivity index (χ0) is 11.2. The topological polar surface area (TPSA) is 33.6 Å². The number of benzene rings is 1. The SMILES string of the molecule is CC1CN=C(NCCOc2ccccc2)S1. The lowest BCUT2D eigenvalue weighted by Gasteiger charge is -2.07. The smallest absolute Gasteiger partial charge is 0.157 e. The minimum atomic E-state index is 0.609. The first-order valence-corrected chi connectivity index (χ1v) is 6.35. The van der Waals surface area contributed by atoms with E-state index in [0.29, 0.717) is 11.9 Å². The molecule has 0 aromatic heterocycles. The Balaban J connectivity index is 1.62. The molecule has 1 N–H and O–H groups in total. The van der Waals surface area contributed by atoms with E-state index in [0.717, 1.165) is 24.0 Å². The summed E-state index contributed by atoms with van der Waals surface area (Å²) in [5.41, 5.74) is 0. The highest BCUT2D eigenvalue weighted by atomic mass is 32.2. The molecule has 0 aliphatic carbocycles. The van der Waals surface area contributed by atoms with Crippen LogP contribution in [0.15, 0.2) is 35.3 Å². The summed E-state index contributed by atoms with van der Waals surface area (Å²) in [4.78, 5) is 4.37. The van der Waals surface area contributed by atoms with Crippen LogP contribution in [0.25, 0.3) is 0 Å². The lowest BCUT2D eigenvalue weighted by atomic mass is 10.3. The van der Waals surface area contributed by atoms with E-state index in [-0.39, 0.29) is 0 Å². The minimum absolute atomic E-state index is 0.609. The normalized spacial score (nSPS) is 19.3. The van der Waals surface area contributed by atoms with Gasteiger partial charge in [-0.2, -0.15) is 0 Å². The fraction of sp³-hybridized carbons (Fsp3) is 0.417. The van der Waals surface area contributed by atoms with Gasteiger partial charge in [0.2, 0.25) is 0 Å². The molecule has 2 rings (SSSR count). The molecule has 0 spiro atoms. The predicted molar refractivity (Wildman–Crippen MR) is 69.3 cm³/mol. The van der Waals surface area contributed by atoms with E-state index >= 15 is 0 Å². The quantitative estimate of drug-likeness (QED) is 0.813. The van der Waals surface area contributed by atoms with Crippen molar-refractivity contribution >= 4 is 16.9 Å². The van der Waals surface area contributed by atoms with Crippen molar-refractivity contribution in [1.29, 1.82) is 0 Å². The second-order valence-corrected chi connectivity index (χ2v) is 5.09. The van der Waals surface area contributed by atoms with Crippen molar-refractivity contribution in [2.45, 2.75) is 12.2 Å². The second kappa shape index (κ2) is 5.80. The van der Waals surface area contributed by atoms with Crippen molar-refractivity contribution in [1.82, 2.24) is 5.32 Å². The minimum Gasteiger partial charge on any atom is -0.492 e. The number of amidine groups is 1. The summed E-state index contributed by atoms with van der Waals surface area (Å²) < 4.78 is 5.57. The summed E-state index contributed by atoms with van der Waals surface area (Å²) in [5, 5.41) is 4.92. The highest BCUT2D eigenvalue weighted by Crippen LogP contribution is 2.18. The van der Waals surface area contributed by atoms with Crippen LogP contribution < -0.4 is 10.1 Å². The van der Waals surface area contributed by atoms with E-state index in [2.05, 4.69) is 17.2 Å². The average Bonchev–Trinajstić information content (AvgIpc) is 2.72. The molecule has 0 radical (unpaired) electrons. The molecule has 1 unspecified atom stereocenters. The summed E-state index contributed by atoms with van der Waals surface area (Å²) in [6.07, 6.45) is 0. The third-order valence-electron chi connectivity index (χ3n) is 2.20. The summed E-state index contributed by atoms with van der Waals surface area (Å²) in [6.45, 7) is 4.57. The zero-order valence-electron chi connectivity index (χ0n) is 9.35. The Kier molecular flexibility index (Phi) is 4.10. The molecule has 86 valence electrons. The first kappa shape index (κ1) is 11.3. The Morgan fingerprint density at radius 2 is 2.25 bits per heavy atom. The third kappa shape index (κ3) is 3.45. The fourth-order valence-corrected chi connectivity index (χ4v) is 2.28. The standard InChI is InChI=1S/C12H16N2OS/c1-10-9-14-12(16-10)13-7-8-15-11-5-3-2-4-6-11/h2-6,10H,7-9H2,1H3,(H,13,14). The lowest BCUT2D eigenvalue weighted by Crippen LogP contribution is -2.25. The Morgan fingerprint density at radius 3 is 2.94 bits per heavy atom. The number of para-hydroxylation sites is 1. The molecule has 1 aromatic rings. The molecule has 0 saturated heterocycles. The van der Waals surface area contributed by atoms with Crippen molar-refractivity contribution in [2.75, 3.05) is 19.7 Å². The molecule has 0 amide bonds. The van der Waals surface area contributed by atoms with Crippen molar-refractivity contribution in [2.24, 2.45) is 4.99 Å². The van der Waals surface area contributed by atoms with Gasteiger partial charge in [-0.25, -0.2) is 0 Å². The van der Waals surface area contributed by atoms with Gasteiger partial charge in [-0.05, 0) is 12.1 Å². The first-order valence-electron chi connectivity index (χ1n) is 5.47. The van der Waals surface area contributed by atoms with Crippen molar-refractivity contribution in [3.63, 3.8) is 0 Å². The van der Waals surface area contributed by atoms with Gasteiger partial charge in [-0.15, -0.1) is 0 Å². The van der Waals surface area contributed by atoms with Crippen LogP contribution in [-0.2, 0) is 0 Å². The number of hydrogen-bond donors (Lipinski definition) is 1. The molecule has 4 heteroatoms. The molecule has 0 bridgehead atoms. The van der Waals surface area contributed by atoms with E-state index in [1.54, 1.807) is 11.8 Å². The van der Waals surface area contributed by atoms with Crippen molar-refractivity contribution in [3.8, 4) is 5.75 Å². The van der Waals surface area contributed by atoms with Gasteiger partial charge in [0.05, 0.1) is 13.1 Å². The Hall–Kier alpha value is -1.16. The third-order valence-corrected chi connectivity index (χ3v) is 3.24. The van der Waals surface area contributed by atoms with E-state index in [1.165, 1.54) is 0 Å². The number of thioether (sulfide) groups is 1. The number of hydrogen-bond acceptors (Lipinski definition) is 4. The summed E-state index contributed by atoms with van der Waals surface area (Å²) in [5.74, 6) is 0.915. The highest BCUT2D eigenvalue weighted by Gasteiger charge is 2.13. The lowest BCUT2D eigenvalue weighted by molar-refractivity contribution is 0.323. The summed E-state index contributed by atoms with van der Waals surface area (Å²) in [6, 6.07) is 9.85. The van der Waals surface area contributed by atoms with E-state index in [9.17, 15) is 0 Å². The van der Waals surface area contributed by atoms with Gasteiger partial charge in [0, 0.05) is 5.25 Å². The molecule has 3 nitrogen and oxygen atoms in total. The van der Waals surface area contributed by atoms with Crippen LogP contribution in [0.1, 0.15) is 6.92 Å². The second-order valence-electron chi connectivity index (χ2n) is 3.66. The van der Waals surface area contributed by atoms with Crippen LogP contribution in [-0.4, -0.2) is 30.1 Å². The van der Waals surface area contributed by atoms with E-state index in [4.69, 9.17) is 4.74 Å². The van der Waals surface area contributed by atoms with E-state index < -0.39 is 0 Å². The van der Waals surface area contributed by atoms with Gasteiger partial charge < -0.3 is 10.1 Å². The molecular weight excluding hydrogens is 220 g/mol. The van der Waals surface area contributed by atoms with E-state index in [1.807, 2.05) is 30.3 Å². The fourth-order valence-electron chi connectivity index (χ4n) is 1.42. The van der Waals surface area contributed by atoms with Gasteiger partial charge in [0.25, 0.3) is 0 Å². The number of aliphatic imine (C=N–C) groups is 1. The van der Waals surface area contributed by atoms with Crippen molar-refractivity contribution in [3.05, 3.63) is 30.3 Å². The number of ether oxygens (including phenoxy) is 1. The molecule has 0 fully saturated rings. The Bertz CT molecular complexity index is 353. The average molecular weight is 236 g/mol. The monoisotopic (exact) mass is 236 g/mol. The zero-order valence-corrected chi connectivity index (χ0v) is 10.2. The van der Waals surface area contributed by atoms with Gasteiger partial charge in [0.15, 0.2) is 5.17 Å².